The molecule has 1 aliphatic carbocycles. The van der Waals surface area contributed by atoms with E-state index in [9.17, 15) is 9.59 Å². The summed E-state index contributed by atoms with van der Waals surface area (Å²) in [7, 11) is 3.64. The van der Waals surface area contributed by atoms with E-state index in [0.717, 1.165) is 54.0 Å². The first-order chi connectivity index (χ1) is 24.3. The number of carbonyl (C=O) groups excluding carboxylic acids is 2. The highest BCUT2D eigenvalue weighted by Gasteiger charge is 2.47. The van der Waals surface area contributed by atoms with Crippen LogP contribution < -0.4 is 30.9 Å². The molecule has 0 radical (unpaired) electrons. The number of ether oxygens (including phenoxy) is 1. The van der Waals surface area contributed by atoms with E-state index in [1.807, 2.05) is 48.6 Å². The summed E-state index contributed by atoms with van der Waals surface area (Å²) in [6.45, 7) is 2.56. The number of benzene rings is 1. The minimum absolute atomic E-state index is 0.0815. The Morgan fingerprint density at radius 2 is 1.76 bits per heavy atom. The fraction of sp³-hybridized carbons (Fsp3) is 0.432. The van der Waals surface area contributed by atoms with Crippen LogP contribution in [-0.4, -0.2) is 78.0 Å². The zero-order valence-corrected chi connectivity index (χ0v) is 29.7. The number of nitrogens with zero attached hydrogens (tertiary/aromatic N) is 4. The average molecular weight is 718 g/mol. The van der Waals surface area contributed by atoms with Gasteiger partial charge in [-0.1, -0.05) is 54.1 Å². The molecule has 13 heteroatoms. The fourth-order valence-corrected chi connectivity index (χ4v) is 8.19. The molecule has 4 N–H and O–H groups in total. The molecule has 3 aliphatic heterocycles. The Morgan fingerprint density at radius 3 is 2.48 bits per heavy atom. The predicted octanol–water partition coefficient (Wildman–Crippen LogP) is 4.20. The molecule has 0 spiro atoms. The molecule has 7 rings (SSSR count). The van der Waals surface area contributed by atoms with Gasteiger partial charge in [-0.2, -0.15) is 0 Å². The van der Waals surface area contributed by atoms with Gasteiger partial charge in [0.25, 0.3) is 0 Å². The molecule has 50 heavy (non-hydrogen) atoms. The van der Waals surface area contributed by atoms with Crippen molar-refractivity contribution in [2.75, 3.05) is 38.7 Å². The fourth-order valence-electron chi connectivity index (χ4n) is 7.46. The van der Waals surface area contributed by atoms with Crippen molar-refractivity contribution in [2.45, 2.75) is 67.6 Å². The zero-order valence-electron chi connectivity index (χ0n) is 28.2. The SMILES string of the molecule is COc1nc(C2(c3ccc4c(n3)N(C)CC[C@@H]4NC[C@H]3CCC(=O)N3)C=CC=C(c3ccccc3Cl)C2Cl)cnc1CNC[C@@H]1CCC(=O)N1. The maximum absolute atomic E-state index is 11.8. The average Bonchev–Trinajstić information content (AvgIpc) is 3.75. The first-order valence-corrected chi connectivity index (χ1v) is 18.0. The summed E-state index contributed by atoms with van der Waals surface area (Å²) in [5, 5.41) is 13.1. The van der Waals surface area contributed by atoms with Crippen molar-refractivity contribution in [1.82, 2.24) is 36.2 Å². The van der Waals surface area contributed by atoms with E-state index in [-0.39, 0.29) is 29.9 Å². The van der Waals surface area contributed by atoms with Gasteiger partial charge >= 0.3 is 0 Å². The first kappa shape index (κ1) is 34.4. The van der Waals surface area contributed by atoms with Gasteiger partial charge in [-0.25, -0.2) is 9.97 Å². The zero-order chi connectivity index (χ0) is 34.8. The van der Waals surface area contributed by atoms with Crippen LogP contribution in [0.3, 0.4) is 0 Å². The monoisotopic (exact) mass is 716 g/mol. The van der Waals surface area contributed by atoms with Gasteiger partial charge in [-0.15, -0.1) is 11.6 Å². The number of halogens is 2. The van der Waals surface area contributed by atoms with Crippen molar-refractivity contribution in [1.29, 1.82) is 0 Å². The topological polar surface area (TPSA) is 133 Å². The second kappa shape index (κ2) is 14.7. The number of pyridine rings is 1. The summed E-state index contributed by atoms with van der Waals surface area (Å²) in [6.07, 6.45) is 11.5. The van der Waals surface area contributed by atoms with Crippen LogP contribution in [0.4, 0.5) is 5.82 Å². The van der Waals surface area contributed by atoms with Crippen LogP contribution in [-0.2, 0) is 21.5 Å². The minimum Gasteiger partial charge on any atom is -0.480 e. The summed E-state index contributed by atoms with van der Waals surface area (Å²) in [5.41, 5.74) is 3.70. The Labute approximate surface area is 302 Å². The van der Waals surface area contributed by atoms with Crippen molar-refractivity contribution in [2.24, 2.45) is 0 Å². The lowest BCUT2D eigenvalue weighted by Gasteiger charge is -2.40. The summed E-state index contributed by atoms with van der Waals surface area (Å²) < 4.78 is 5.81. The third-order valence-electron chi connectivity index (χ3n) is 10.2. The summed E-state index contributed by atoms with van der Waals surface area (Å²) in [4.78, 5) is 40.9. The van der Waals surface area contributed by atoms with E-state index >= 15 is 0 Å². The number of fused-ring (bicyclic) bond motifs is 1. The Bertz CT molecular complexity index is 1840. The van der Waals surface area contributed by atoms with Crippen molar-refractivity contribution in [3.63, 3.8) is 0 Å². The third kappa shape index (κ3) is 6.71. The van der Waals surface area contributed by atoms with Gasteiger partial charge in [0, 0.05) is 74.8 Å². The first-order valence-electron chi connectivity index (χ1n) is 17.2. The van der Waals surface area contributed by atoms with Crippen LogP contribution in [0.5, 0.6) is 5.88 Å². The molecule has 5 atom stereocenters. The van der Waals surface area contributed by atoms with E-state index in [0.29, 0.717) is 54.8 Å². The molecule has 2 saturated heterocycles. The second-order valence-electron chi connectivity index (χ2n) is 13.4. The summed E-state index contributed by atoms with van der Waals surface area (Å²) in [6, 6.07) is 12.2. The molecule has 262 valence electrons. The number of nitrogens with one attached hydrogen (secondary N) is 4. The standard InChI is InChI=1S/C37H42Cl2N8O3/c1-47-17-15-28(41-19-23-10-14-33(49)44-23)26-11-12-30(45-35(26)47)37(16-5-7-25(34(37)39)24-6-3-4-8-27(24)38)31-21-42-29(36(46-31)50-2)20-40-18-22-9-13-32(48)43-22/h3-8,11-12,16,21-23,28,34,40-41H,9-10,13-15,17-20H2,1-2H3,(H,43,48)(H,44,49)/t22-,23+,28-,34?,37?/m0/s1. The molecule has 0 saturated carbocycles. The van der Waals surface area contributed by atoms with Crippen LogP contribution in [0.1, 0.15) is 66.4 Å². The Hall–Kier alpha value is -4.03. The maximum Gasteiger partial charge on any atom is 0.237 e. The van der Waals surface area contributed by atoms with Crippen molar-refractivity contribution < 1.29 is 14.3 Å². The molecule has 4 aliphatic rings. The largest absolute Gasteiger partial charge is 0.480 e. The Balaban J connectivity index is 1.25. The number of hydrogen-bond donors (Lipinski definition) is 4. The van der Waals surface area contributed by atoms with Crippen LogP contribution in [0, 0.1) is 0 Å². The molecule has 2 amide bonds. The van der Waals surface area contributed by atoms with Gasteiger partial charge in [0.2, 0.25) is 17.7 Å². The number of aromatic nitrogens is 3. The number of amides is 2. The van der Waals surface area contributed by atoms with Gasteiger partial charge < -0.3 is 30.9 Å². The van der Waals surface area contributed by atoms with Crippen LogP contribution in [0.2, 0.25) is 5.02 Å². The van der Waals surface area contributed by atoms with E-state index in [2.05, 4.69) is 39.3 Å². The van der Waals surface area contributed by atoms with Crippen LogP contribution >= 0.6 is 23.2 Å². The van der Waals surface area contributed by atoms with Gasteiger partial charge in [-0.3, -0.25) is 14.6 Å². The predicted molar refractivity (Wildman–Crippen MR) is 194 cm³/mol. The Morgan fingerprint density at radius 1 is 1.00 bits per heavy atom. The molecule has 11 nitrogen and oxygen atoms in total. The molecule has 5 heterocycles. The van der Waals surface area contributed by atoms with Gasteiger partial charge in [0.05, 0.1) is 35.5 Å². The molecule has 2 aromatic heterocycles. The highest BCUT2D eigenvalue weighted by molar-refractivity contribution is 6.34. The Kier molecular flexibility index (Phi) is 10.1. The molecule has 3 aromatic rings. The summed E-state index contributed by atoms with van der Waals surface area (Å²) >= 11 is 14.4. The third-order valence-corrected chi connectivity index (χ3v) is 11.1. The smallest absolute Gasteiger partial charge is 0.237 e. The molecule has 2 unspecified atom stereocenters. The lowest BCUT2D eigenvalue weighted by Crippen LogP contribution is -2.42. The molecule has 0 bridgehead atoms. The molecular weight excluding hydrogens is 675 g/mol. The molecular formula is C37H42Cl2N8O3. The number of carbonyl (C=O) groups is 2. The lowest BCUT2D eigenvalue weighted by atomic mass is 9.71. The number of allylic oxidation sites excluding steroid dienone is 4. The van der Waals surface area contributed by atoms with Crippen molar-refractivity contribution in [3.05, 3.63) is 94.1 Å². The van der Waals surface area contributed by atoms with Crippen molar-refractivity contribution >= 4 is 46.4 Å². The number of anilines is 1. The quantitative estimate of drug-likeness (QED) is 0.216. The second-order valence-corrected chi connectivity index (χ2v) is 14.3. The van der Waals surface area contributed by atoms with Gasteiger partial charge in [0.1, 0.15) is 11.5 Å². The molecule has 1 aromatic carbocycles. The number of rotatable bonds is 11. The van der Waals surface area contributed by atoms with Gasteiger partial charge in [0.15, 0.2) is 0 Å². The minimum atomic E-state index is -1.03. The molecule has 2 fully saturated rings. The van der Waals surface area contributed by atoms with Crippen molar-refractivity contribution in [3.8, 4) is 5.88 Å². The number of methoxy groups -OCH3 is 1. The van der Waals surface area contributed by atoms with Crippen LogP contribution in [0.25, 0.3) is 5.57 Å². The van der Waals surface area contributed by atoms with E-state index in [4.69, 9.17) is 42.9 Å². The lowest BCUT2D eigenvalue weighted by molar-refractivity contribution is -0.120. The number of alkyl halides is 1. The van der Waals surface area contributed by atoms with E-state index in [1.165, 1.54) is 0 Å². The van der Waals surface area contributed by atoms with Crippen LogP contribution in [0.15, 0.2) is 60.8 Å². The maximum atomic E-state index is 11.8. The van der Waals surface area contributed by atoms with E-state index in [1.54, 1.807) is 13.3 Å². The van der Waals surface area contributed by atoms with E-state index < -0.39 is 10.8 Å². The summed E-state index contributed by atoms with van der Waals surface area (Å²) in [5.74, 6) is 1.45. The normalized spacial score (nSPS) is 26.0. The highest BCUT2D eigenvalue weighted by atomic mass is 35.5. The number of hydrogen-bond acceptors (Lipinski definition) is 9. The van der Waals surface area contributed by atoms with Gasteiger partial charge in [-0.05, 0) is 42.5 Å². The highest BCUT2D eigenvalue weighted by Crippen LogP contribution is 2.48.